The van der Waals surface area contributed by atoms with E-state index in [4.69, 9.17) is 49.3 Å². The molecule has 1 rings (SSSR count). The van der Waals surface area contributed by atoms with Crippen molar-refractivity contribution in [3.05, 3.63) is 0 Å². The fourth-order valence-electron chi connectivity index (χ4n) is 2.29. The van der Waals surface area contributed by atoms with E-state index >= 15 is 0 Å². The molecule has 0 N–H and O–H groups in total. The summed E-state index contributed by atoms with van der Waals surface area (Å²) < 4.78 is 0. The summed E-state index contributed by atoms with van der Waals surface area (Å²) in [6.45, 7) is 15.0. The lowest BCUT2D eigenvalue weighted by Crippen LogP contribution is -2.35. The van der Waals surface area contributed by atoms with Gasteiger partial charge in [0.15, 0.2) is 0 Å². The number of hydroxylamine groups is 3. The van der Waals surface area contributed by atoms with E-state index in [1.54, 1.807) is 15.2 Å². The molecule has 1 aromatic rings. The Balaban J connectivity index is 3.44. The number of aromatic nitrogens is 3. The van der Waals surface area contributed by atoms with Gasteiger partial charge in [-0.1, -0.05) is 41.5 Å². The van der Waals surface area contributed by atoms with Crippen molar-refractivity contribution in [3.8, 4) is 0 Å². The van der Waals surface area contributed by atoms with E-state index in [0.29, 0.717) is 92.7 Å². The van der Waals surface area contributed by atoms with E-state index in [2.05, 4.69) is 56.5 Å². The van der Waals surface area contributed by atoms with E-state index in [-0.39, 0.29) is 0 Å². The van der Waals surface area contributed by atoms with Crippen LogP contribution < -0.4 is 15.2 Å². The van der Waals surface area contributed by atoms with E-state index in [1.165, 1.54) is 0 Å². The normalized spacial score (nSPS) is 11.6. The van der Waals surface area contributed by atoms with Crippen molar-refractivity contribution in [2.75, 3.05) is 72.3 Å². The van der Waals surface area contributed by atoms with Gasteiger partial charge in [0.2, 0.25) is 0 Å². The minimum absolute atomic E-state index is 0.303. The molecule has 192 valence electrons. The molecular weight excluding hydrogens is 491 g/mol. The molecule has 0 aliphatic rings. The Morgan fingerprint density at radius 1 is 0.545 bits per heavy atom. The van der Waals surface area contributed by atoms with Gasteiger partial charge in [0, 0.05) is 17.6 Å². The summed E-state index contributed by atoms with van der Waals surface area (Å²) in [5, 5.41) is 4.72. The van der Waals surface area contributed by atoms with Gasteiger partial charge < -0.3 is 0 Å². The Bertz CT molecular complexity index is 560. The average Bonchev–Trinajstić information content (AvgIpc) is 2.76. The van der Waals surface area contributed by atoms with Crippen molar-refractivity contribution in [1.82, 2.24) is 15.0 Å². The van der Waals surface area contributed by atoms with E-state index in [1.807, 2.05) is 0 Å². The lowest BCUT2D eigenvalue weighted by Gasteiger charge is -2.28. The maximum Gasteiger partial charge on any atom is 0.256 e. The van der Waals surface area contributed by atoms with Crippen LogP contribution in [0.15, 0.2) is 0 Å². The molecule has 0 saturated carbocycles. The van der Waals surface area contributed by atoms with Gasteiger partial charge in [0.25, 0.3) is 17.8 Å². The second-order valence-electron chi connectivity index (χ2n) is 8.68. The Morgan fingerprint density at radius 2 is 0.788 bits per heavy atom. The third-order valence-electron chi connectivity index (χ3n) is 3.82. The molecule has 0 fully saturated rings. The number of anilines is 3. The lowest BCUT2D eigenvalue weighted by molar-refractivity contribution is 0.0764. The van der Waals surface area contributed by atoms with Crippen molar-refractivity contribution in [1.29, 1.82) is 0 Å². The van der Waals surface area contributed by atoms with Crippen molar-refractivity contribution in [2.45, 2.75) is 41.5 Å². The van der Waals surface area contributed by atoms with Crippen molar-refractivity contribution in [2.24, 2.45) is 17.8 Å². The molecular formula is C21H39Cl3N6O3. The molecule has 33 heavy (non-hydrogen) atoms. The Kier molecular flexibility index (Phi) is 15.3. The number of rotatable bonds is 18. The largest absolute Gasteiger partial charge is 0.270 e. The van der Waals surface area contributed by atoms with Crippen LogP contribution in [0.3, 0.4) is 0 Å². The van der Waals surface area contributed by atoms with E-state index in [0.717, 1.165) is 0 Å². The monoisotopic (exact) mass is 528 g/mol. The van der Waals surface area contributed by atoms with Crippen LogP contribution in [-0.2, 0) is 14.5 Å². The molecule has 0 aliphatic carbocycles. The number of hydrogen-bond donors (Lipinski definition) is 0. The summed E-state index contributed by atoms with van der Waals surface area (Å²) in [6, 6.07) is 0. The van der Waals surface area contributed by atoms with Crippen LogP contribution in [0.25, 0.3) is 0 Å². The molecule has 9 nitrogen and oxygen atoms in total. The van der Waals surface area contributed by atoms with E-state index < -0.39 is 0 Å². The number of halogens is 3. The Hall–Kier alpha value is -0.840. The Labute approximate surface area is 213 Å². The zero-order valence-electron chi connectivity index (χ0n) is 20.6. The summed E-state index contributed by atoms with van der Waals surface area (Å²) in [5.74, 6) is 2.84. The van der Waals surface area contributed by atoms with Gasteiger partial charge in [-0.05, 0) is 17.8 Å². The quantitative estimate of drug-likeness (QED) is 0.197. The molecule has 0 unspecified atom stereocenters. The highest BCUT2D eigenvalue weighted by Crippen LogP contribution is 2.21. The fraction of sp³-hybridized carbons (Fsp3) is 0.857. The molecule has 0 spiro atoms. The third-order valence-corrected chi connectivity index (χ3v) is 4.33. The molecule has 0 bridgehead atoms. The predicted octanol–water partition coefficient (Wildman–Crippen LogP) is 4.77. The van der Waals surface area contributed by atoms with Crippen LogP contribution >= 0.6 is 34.8 Å². The maximum atomic E-state index is 6.04. The van der Waals surface area contributed by atoms with Crippen LogP contribution in [0, 0.1) is 17.8 Å². The zero-order valence-corrected chi connectivity index (χ0v) is 22.9. The molecule has 12 heteroatoms. The van der Waals surface area contributed by atoms with Crippen molar-refractivity contribution in [3.63, 3.8) is 0 Å². The molecule has 0 atom stereocenters. The van der Waals surface area contributed by atoms with Gasteiger partial charge in [-0.2, -0.15) is 15.0 Å². The first-order chi connectivity index (χ1) is 15.7. The Morgan fingerprint density at radius 3 is 0.970 bits per heavy atom. The number of nitrogens with zero attached hydrogens (tertiary/aromatic N) is 6. The van der Waals surface area contributed by atoms with Crippen LogP contribution in [0.4, 0.5) is 17.8 Å². The number of alkyl halides is 3. The smallest absolute Gasteiger partial charge is 0.256 e. The van der Waals surface area contributed by atoms with E-state index in [9.17, 15) is 0 Å². The predicted molar refractivity (Wildman–Crippen MR) is 136 cm³/mol. The van der Waals surface area contributed by atoms with Gasteiger partial charge in [0.1, 0.15) is 0 Å². The molecule has 0 amide bonds. The molecule has 0 radical (unpaired) electrons. The topological polar surface area (TPSA) is 76.1 Å². The van der Waals surface area contributed by atoms with Gasteiger partial charge in [-0.3, -0.25) is 14.5 Å². The number of hydrogen-bond acceptors (Lipinski definition) is 9. The first-order valence-corrected chi connectivity index (χ1v) is 13.0. The second-order valence-corrected chi connectivity index (χ2v) is 9.81. The van der Waals surface area contributed by atoms with Crippen LogP contribution in [0.5, 0.6) is 0 Å². The molecule has 0 aliphatic heterocycles. The minimum Gasteiger partial charge on any atom is -0.270 e. The van der Waals surface area contributed by atoms with Crippen LogP contribution in [0.1, 0.15) is 41.5 Å². The highest BCUT2D eigenvalue weighted by atomic mass is 35.5. The maximum absolute atomic E-state index is 6.04. The van der Waals surface area contributed by atoms with Gasteiger partial charge >= 0.3 is 0 Å². The fourth-order valence-corrected chi connectivity index (χ4v) is 2.75. The van der Waals surface area contributed by atoms with Crippen molar-refractivity contribution >= 4 is 52.6 Å². The average molecular weight is 530 g/mol. The summed E-state index contributed by atoms with van der Waals surface area (Å²) in [6.07, 6.45) is 0. The molecule has 0 aromatic carbocycles. The molecule has 0 saturated heterocycles. The molecule has 1 aromatic heterocycles. The van der Waals surface area contributed by atoms with Gasteiger partial charge in [0.05, 0.1) is 39.5 Å². The summed E-state index contributed by atoms with van der Waals surface area (Å²) in [7, 11) is 0. The lowest BCUT2D eigenvalue weighted by atomic mass is 10.2. The summed E-state index contributed by atoms with van der Waals surface area (Å²) >= 11 is 18.1. The SMILES string of the molecule is CC(C)CON(CCCl)c1nc(N(CCCl)OCC(C)C)nc(N(CCCl)OCC(C)C)n1. The van der Waals surface area contributed by atoms with Crippen molar-refractivity contribution < 1.29 is 14.5 Å². The van der Waals surface area contributed by atoms with Crippen LogP contribution in [-0.4, -0.2) is 72.0 Å². The summed E-state index contributed by atoms with van der Waals surface area (Å²) in [4.78, 5) is 31.7. The molecule has 1 heterocycles. The standard InChI is InChI=1S/C21H39Cl3N6O3/c1-16(2)13-31-28(10-7-22)19-25-20(29(11-8-23)32-14-17(3)4)27-21(26-19)30(12-9-24)33-15-18(5)6/h16-18H,7-15H2,1-6H3. The van der Waals surface area contributed by atoms with Crippen LogP contribution in [0.2, 0.25) is 0 Å². The summed E-state index contributed by atoms with van der Waals surface area (Å²) in [5.41, 5.74) is 0. The third kappa shape index (κ3) is 11.9. The zero-order chi connectivity index (χ0) is 24.8. The van der Waals surface area contributed by atoms with Gasteiger partial charge in [-0.25, -0.2) is 15.2 Å². The minimum atomic E-state index is 0.303. The first kappa shape index (κ1) is 30.2. The highest BCUT2D eigenvalue weighted by molar-refractivity contribution is 6.18. The first-order valence-electron chi connectivity index (χ1n) is 11.4. The van der Waals surface area contributed by atoms with Gasteiger partial charge in [-0.15, -0.1) is 34.8 Å². The highest BCUT2D eigenvalue weighted by Gasteiger charge is 2.22. The second kappa shape index (κ2) is 16.7.